The maximum Gasteiger partial charge on any atom is 0.181 e. The maximum atomic E-state index is 12.8. The predicted molar refractivity (Wildman–Crippen MR) is 63.8 cm³/mol. The van der Waals surface area contributed by atoms with Gasteiger partial charge in [-0.15, -0.1) is 0 Å². The van der Waals surface area contributed by atoms with Crippen molar-refractivity contribution in [2.75, 3.05) is 6.54 Å². The third-order valence-corrected chi connectivity index (χ3v) is 5.78. The van der Waals surface area contributed by atoms with E-state index in [0.717, 1.165) is 12.8 Å². The first kappa shape index (κ1) is 12.5. The number of benzene rings is 1. The lowest BCUT2D eigenvalue weighted by atomic mass is 10.1. The lowest BCUT2D eigenvalue weighted by Crippen LogP contribution is -2.30. The molecule has 0 spiro atoms. The van der Waals surface area contributed by atoms with Gasteiger partial charge in [0, 0.05) is 0 Å². The normalized spacial score (nSPS) is 25.1. The van der Waals surface area contributed by atoms with Crippen LogP contribution in [0.25, 0.3) is 0 Å². The molecule has 1 aliphatic carbocycles. The van der Waals surface area contributed by atoms with Crippen LogP contribution >= 0.6 is 0 Å². The van der Waals surface area contributed by atoms with Gasteiger partial charge in [0.15, 0.2) is 9.84 Å². The number of rotatable bonds is 3. The first-order valence-electron chi connectivity index (χ1n) is 5.75. The van der Waals surface area contributed by atoms with Crippen molar-refractivity contribution in [2.24, 2.45) is 11.7 Å². The van der Waals surface area contributed by atoms with Crippen LogP contribution in [0.5, 0.6) is 0 Å². The van der Waals surface area contributed by atoms with E-state index in [0.29, 0.717) is 13.0 Å². The van der Waals surface area contributed by atoms with Gasteiger partial charge in [-0.1, -0.05) is 6.42 Å². The van der Waals surface area contributed by atoms with Gasteiger partial charge >= 0.3 is 0 Å². The lowest BCUT2D eigenvalue weighted by Gasteiger charge is -2.18. The molecule has 17 heavy (non-hydrogen) atoms. The Hall–Kier alpha value is -0.940. The van der Waals surface area contributed by atoms with Crippen molar-refractivity contribution in [3.63, 3.8) is 0 Å². The van der Waals surface area contributed by atoms with Crippen LogP contribution in [-0.2, 0) is 9.84 Å². The minimum Gasteiger partial charge on any atom is -0.330 e. The Labute approximate surface area is 101 Å². The highest BCUT2D eigenvalue weighted by Crippen LogP contribution is 2.33. The van der Waals surface area contributed by atoms with Crippen LogP contribution < -0.4 is 5.73 Å². The van der Waals surface area contributed by atoms with Gasteiger partial charge < -0.3 is 5.73 Å². The summed E-state index contributed by atoms with van der Waals surface area (Å²) < 4.78 is 37.5. The zero-order valence-electron chi connectivity index (χ0n) is 9.47. The number of sulfone groups is 1. The fraction of sp³-hybridized carbons (Fsp3) is 0.500. The van der Waals surface area contributed by atoms with Crippen molar-refractivity contribution in [3.8, 4) is 0 Å². The Morgan fingerprint density at radius 1 is 1.24 bits per heavy atom. The first-order chi connectivity index (χ1) is 8.05. The summed E-state index contributed by atoms with van der Waals surface area (Å²) in [5.41, 5.74) is 5.60. The summed E-state index contributed by atoms with van der Waals surface area (Å²) in [4.78, 5) is 0.198. The molecule has 1 aliphatic rings. The second-order valence-electron chi connectivity index (χ2n) is 4.46. The van der Waals surface area contributed by atoms with Gasteiger partial charge in [0.1, 0.15) is 5.82 Å². The van der Waals surface area contributed by atoms with Crippen molar-refractivity contribution < 1.29 is 12.8 Å². The van der Waals surface area contributed by atoms with Crippen molar-refractivity contribution >= 4 is 9.84 Å². The van der Waals surface area contributed by atoms with E-state index in [1.54, 1.807) is 0 Å². The van der Waals surface area contributed by atoms with Gasteiger partial charge in [-0.3, -0.25) is 0 Å². The molecule has 1 aromatic carbocycles. The molecule has 3 nitrogen and oxygen atoms in total. The van der Waals surface area contributed by atoms with Crippen LogP contribution in [0.3, 0.4) is 0 Å². The molecule has 0 aliphatic heterocycles. The Morgan fingerprint density at radius 3 is 2.47 bits per heavy atom. The largest absolute Gasteiger partial charge is 0.330 e. The third-order valence-electron chi connectivity index (χ3n) is 3.43. The average Bonchev–Trinajstić information content (AvgIpc) is 2.78. The summed E-state index contributed by atoms with van der Waals surface area (Å²) in [5, 5.41) is -0.405. The van der Waals surface area contributed by atoms with E-state index in [1.807, 2.05) is 0 Å². The van der Waals surface area contributed by atoms with Crippen molar-refractivity contribution in [1.29, 1.82) is 0 Å². The topological polar surface area (TPSA) is 60.2 Å². The smallest absolute Gasteiger partial charge is 0.181 e. The Kier molecular flexibility index (Phi) is 3.49. The molecule has 1 saturated carbocycles. The van der Waals surface area contributed by atoms with Crippen LogP contribution in [0.4, 0.5) is 4.39 Å². The maximum absolute atomic E-state index is 12.8. The molecule has 2 N–H and O–H groups in total. The van der Waals surface area contributed by atoms with E-state index in [9.17, 15) is 12.8 Å². The van der Waals surface area contributed by atoms with E-state index in [2.05, 4.69) is 0 Å². The van der Waals surface area contributed by atoms with Gasteiger partial charge in [-0.2, -0.15) is 0 Å². The second-order valence-corrected chi connectivity index (χ2v) is 6.63. The van der Waals surface area contributed by atoms with Gasteiger partial charge in [0.05, 0.1) is 10.1 Å². The number of hydrogen-bond acceptors (Lipinski definition) is 3. The SMILES string of the molecule is NCC1CCCC1S(=O)(=O)c1ccc(F)cc1. The van der Waals surface area contributed by atoms with E-state index < -0.39 is 20.9 Å². The number of halogens is 1. The van der Waals surface area contributed by atoms with Crippen molar-refractivity contribution in [3.05, 3.63) is 30.1 Å². The van der Waals surface area contributed by atoms with Crippen LogP contribution in [0.15, 0.2) is 29.2 Å². The van der Waals surface area contributed by atoms with E-state index in [4.69, 9.17) is 5.73 Å². The van der Waals surface area contributed by atoms with Crippen molar-refractivity contribution in [2.45, 2.75) is 29.4 Å². The zero-order valence-corrected chi connectivity index (χ0v) is 10.3. The molecule has 0 radical (unpaired) electrons. The molecule has 0 bridgehead atoms. The molecule has 0 saturated heterocycles. The molecule has 2 unspecified atom stereocenters. The fourth-order valence-corrected chi connectivity index (χ4v) is 4.58. The van der Waals surface area contributed by atoms with E-state index in [1.165, 1.54) is 24.3 Å². The molecule has 2 atom stereocenters. The Balaban J connectivity index is 2.33. The van der Waals surface area contributed by atoms with Crippen LogP contribution in [0.2, 0.25) is 0 Å². The third kappa shape index (κ3) is 2.35. The minimum absolute atomic E-state index is 0.0325. The molecule has 0 heterocycles. The summed E-state index contributed by atoms with van der Waals surface area (Å²) in [5.74, 6) is -0.393. The first-order valence-corrected chi connectivity index (χ1v) is 7.30. The highest BCUT2D eigenvalue weighted by Gasteiger charge is 2.37. The van der Waals surface area contributed by atoms with Gasteiger partial charge in [0.2, 0.25) is 0 Å². The van der Waals surface area contributed by atoms with Gasteiger partial charge in [-0.25, -0.2) is 12.8 Å². The van der Waals surface area contributed by atoms with Crippen LogP contribution in [0.1, 0.15) is 19.3 Å². The second kappa shape index (κ2) is 4.74. The monoisotopic (exact) mass is 257 g/mol. The van der Waals surface area contributed by atoms with E-state index in [-0.39, 0.29) is 10.8 Å². The minimum atomic E-state index is -3.36. The molecular formula is C12H16FNO2S. The Bertz CT molecular complexity index is 484. The lowest BCUT2D eigenvalue weighted by molar-refractivity contribution is 0.523. The molecule has 0 amide bonds. The molecule has 94 valence electrons. The van der Waals surface area contributed by atoms with Crippen LogP contribution in [0, 0.1) is 11.7 Å². The molecule has 0 aromatic heterocycles. The Morgan fingerprint density at radius 2 is 1.88 bits per heavy atom. The summed E-state index contributed by atoms with van der Waals surface area (Å²) in [7, 11) is -3.36. The average molecular weight is 257 g/mol. The molecular weight excluding hydrogens is 241 g/mol. The van der Waals surface area contributed by atoms with E-state index >= 15 is 0 Å². The molecule has 1 fully saturated rings. The summed E-state index contributed by atoms with van der Waals surface area (Å²) in [6, 6.07) is 5.02. The quantitative estimate of drug-likeness (QED) is 0.839. The van der Waals surface area contributed by atoms with Gasteiger partial charge in [-0.05, 0) is 49.6 Å². The highest BCUT2D eigenvalue weighted by atomic mass is 32.2. The highest BCUT2D eigenvalue weighted by molar-refractivity contribution is 7.92. The summed E-state index contributed by atoms with van der Waals surface area (Å²) >= 11 is 0. The molecule has 2 rings (SSSR count). The number of nitrogens with two attached hydrogens (primary N) is 1. The van der Waals surface area contributed by atoms with Crippen LogP contribution in [-0.4, -0.2) is 20.2 Å². The van der Waals surface area contributed by atoms with Gasteiger partial charge in [0.25, 0.3) is 0 Å². The molecule has 5 heteroatoms. The predicted octanol–water partition coefficient (Wildman–Crippen LogP) is 1.73. The van der Waals surface area contributed by atoms with Crippen molar-refractivity contribution in [1.82, 2.24) is 0 Å². The molecule has 1 aromatic rings. The standard InChI is InChI=1S/C12H16FNO2S/c13-10-4-6-11(7-5-10)17(15,16)12-3-1-2-9(12)8-14/h4-7,9,12H,1-3,8,14H2. The summed E-state index contributed by atoms with van der Waals surface area (Å²) in [6.45, 7) is 0.394. The number of hydrogen-bond donors (Lipinski definition) is 1. The zero-order chi connectivity index (χ0) is 12.5. The fourth-order valence-electron chi connectivity index (χ4n) is 2.48. The summed E-state index contributed by atoms with van der Waals surface area (Å²) in [6.07, 6.45) is 2.41.